The van der Waals surface area contributed by atoms with Crippen LogP contribution in [0.1, 0.15) is 31.0 Å². The summed E-state index contributed by atoms with van der Waals surface area (Å²) in [6.45, 7) is 0.00879. The second-order valence-corrected chi connectivity index (χ2v) is 8.53. The molecule has 3 aromatic heterocycles. The first-order chi connectivity index (χ1) is 17.5. The molecule has 11 heteroatoms. The van der Waals surface area contributed by atoms with Crippen molar-refractivity contribution in [1.82, 2.24) is 24.3 Å². The number of aryl methyl sites for hydroxylation is 1. The Kier molecular flexibility index (Phi) is 6.28. The van der Waals surface area contributed by atoms with Crippen LogP contribution in [0.3, 0.4) is 0 Å². The second kappa shape index (κ2) is 9.68. The summed E-state index contributed by atoms with van der Waals surface area (Å²) in [5, 5.41) is 19.4. The molecule has 0 unspecified atom stereocenters. The molecular formula is C25H25N5O6. The van der Waals surface area contributed by atoms with Crippen molar-refractivity contribution in [2.45, 2.75) is 32.2 Å². The molecule has 0 amide bonds. The van der Waals surface area contributed by atoms with Gasteiger partial charge in [0, 0.05) is 18.7 Å². The van der Waals surface area contributed by atoms with E-state index in [1.54, 1.807) is 36.5 Å². The van der Waals surface area contributed by atoms with Crippen molar-refractivity contribution < 1.29 is 19.0 Å². The fourth-order valence-electron chi connectivity index (χ4n) is 4.09. The van der Waals surface area contributed by atoms with E-state index in [0.717, 1.165) is 19.3 Å². The van der Waals surface area contributed by atoms with E-state index in [-0.39, 0.29) is 29.4 Å². The lowest BCUT2D eigenvalue weighted by Gasteiger charge is -2.20. The van der Waals surface area contributed by atoms with Gasteiger partial charge in [-0.15, -0.1) is 10.2 Å². The van der Waals surface area contributed by atoms with E-state index >= 15 is 0 Å². The minimum Gasteiger partial charge on any atom is -0.494 e. The molecule has 1 aliphatic rings. The molecule has 0 aliphatic heterocycles. The standard InChI is InChI=1S/C25H25N5O6/c1-34-16-6-5-7-17(35-2)22(16)30-18(12-11-15-9-10-15)26-23(32)21(25(30)33)24-28-27-19(36-24)14-29-13-4-3-8-20(29)31/h3-8,13,15,33H,9-12,14H2,1-2H3. The van der Waals surface area contributed by atoms with Crippen LogP contribution in [0.25, 0.3) is 17.1 Å². The lowest BCUT2D eigenvalue weighted by Crippen LogP contribution is -2.20. The molecule has 1 fully saturated rings. The van der Waals surface area contributed by atoms with Crippen molar-refractivity contribution in [3.05, 3.63) is 75.0 Å². The van der Waals surface area contributed by atoms with Gasteiger partial charge >= 0.3 is 0 Å². The van der Waals surface area contributed by atoms with Gasteiger partial charge in [0.1, 0.15) is 29.6 Å². The molecule has 4 aromatic rings. The number of para-hydroxylation sites is 1. The lowest BCUT2D eigenvalue weighted by molar-refractivity contribution is 0.379. The lowest BCUT2D eigenvalue weighted by atomic mass is 10.1. The Balaban J connectivity index is 1.64. The number of nitrogens with zero attached hydrogens (tertiary/aromatic N) is 5. The zero-order valence-corrected chi connectivity index (χ0v) is 19.9. The van der Waals surface area contributed by atoms with Crippen LogP contribution in [-0.2, 0) is 13.0 Å². The first kappa shape index (κ1) is 23.3. The summed E-state index contributed by atoms with van der Waals surface area (Å²) in [5.41, 5.74) is -0.796. The summed E-state index contributed by atoms with van der Waals surface area (Å²) in [7, 11) is 3.01. The monoisotopic (exact) mass is 491 g/mol. The van der Waals surface area contributed by atoms with Crippen LogP contribution in [0.15, 0.2) is 56.6 Å². The van der Waals surface area contributed by atoms with Crippen LogP contribution >= 0.6 is 0 Å². The third-order valence-corrected chi connectivity index (χ3v) is 6.12. The molecule has 0 saturated heterocycles. The quantitative estimate of drug-likeness (QED) is 0.375. The van der Waals surface area contributed by atoms with Crippen LogP contribution in [0.5, 0.6) is 17.4 Å². The van der Waals surface area contributed by atoms with Crippen molar-refractivity contribution in [2.24, 2.45) is 5.92 Å². The number of hydrogen-bond acceptors (Lipinski definition) is 9. The van der Waals surface area contributed by atoms with Gasteiger partial charge < -0.3 is 23.6 Å². The Morgan fingerprint density at radius 3 is 2.47 bits per heavy atom. The summed E-state index contributed by atoms with van der Waals surface area (Å²) in [4.78, 5) is 29.4. The summed E-state index contributed by atoms with van der Waals surface area (Å²) in [5.74, 6) is 1.25. The number of methoxy groups -OCH3 is 2. The molecule has 1 aliphatic carbocycles. The first-order valence-corrected chi connectivity index (χ1v) is 11.5. The van der Waals surface area contributed by atoms with Gasteiger partial charge in [-0.3, -0.25) is 14.2 Å². The molecule has 186 valence electrons. The fourth-order valence-corrected chi connectivity index (χ4v) is 4.09. The Morgan fingerprint density at radius 1 is 1.06 bits per heavy atom. The number of aromatic nitrogens is 5. The highest BCUT2D eigenvalue weighted by atomic mass is 16.5. The molecule has 0 radical (unpaired) electrons. The zero-order valence-electron chi connectivity index (χ0n) is 19.9. The Hall–Kier alpha value is -4.41. The summed E-state index contributed by atoms with van der Waals surface area (Å²) in [6.07, 6.45) is 5.17. The Bertz CT molecular complexity index is 1500. The average Bonchev–Trinajstić information content (AvgIpc) is 3.61. The van der Waals surface area contributed by atoms with E-state index in [2.05, 4.69) is 15.2 Å². The minimum absolute atomic E-state index is 0.00879. The summed E-state index contributed by atoms with van der Waals surface area (Å²) in [6, 6.07) is 9.95. The Morgan fingerprint density at radius 2 is 1.81 bits per heavy atom. The topological polar surface area (TPSA) is 134 Å². The van der Waals surface area contributed by atoms with Crippen molar-refractivity contribution in [2.75, 3.05) is 14.2 Å². The molecule has 5 rings (SSSR count). The molecule has 36 heavy (non-hydrogen) atoms. The first-order valence-electron chi connectivity index (χ1n) is 11.5. The number of rotatable bonds is 9. The van der Waals surface area contributed by atoms with Gasteiger partial charge in [-0.05, 0) is 30.5 Å². The van der Waals surface area contributed by atoms with Crippen LogP contribution in [0.4, 0.5) is 0 Å². The smallest absolute Gasteiger partial charge is 0.289 e. The third kappa shape index (κ3) is 4.47. The fraction of sp³-hybridized carbons (Fsp3) is 0.320. The van der Waals surface area contributed by atoms with Gasteiger partial charge in [0.25, 0.3) is 17.0 Å². The second-order valence-electron chi connectivity index (χ2n) is 8.53. The Labute approximate surface area is 205 Å². The third-order valence-electron chi connectivity index (χ3n) is 6.12. The normalized spacial score (nSPS) is 13.1. The summed E-state index contributed by atoms with van der Waals surface area (Å²) >= 11 is 0. The predicted molar refractivity (Wildman–Crippen MR) is 129 cm³/mol. The van der Waals surface area contributed by atoms with Gasteiger partial charge in [0.05, 0.1) is 14.2 Å². The van der Waals surface area contributed by atoms with E-state index in [1.165, 1.54) is 29.4 Å². The van der Waals surface area contributed by atoms with E-state index in [0.29, 0.717) is 35.3 Å². The van der Waals surface area contributed by atoms with Gasteiger partial charge in [0.15, 0.2) is 5.56 Å². The van der Waals surface area contributed by atoms with Gasteiger partial charge in [-0.25, -0.2) is 0 Å². The van der Waals surface area contributed by atoms with Crippen molar-refractivity contribution in [3.63, 3.8) is 0 Å². The molecular weight excluding hydrogens is 466 g/mol. The average molecular weight is 492 g/mol. The highest BCUT2D eigenvalue weighted by molar-refractivity contribution is 5.65. The number of hydrogen-bond donors (Lipinski definition) is 1. The molecule has 3 heterocycles. The van der Waals surface area contributed by atoms with Crippen LogP contribution in [0.2, 0.25) is 0 Å². The molecule has 1 aromatic carbocycles. The van der Waals surface area contributed by atoms with Crippen molar-refractivity contribution >= 4 is 0 Å². The zero-order chi connectivity index (χ0) is 25.2. The maximum Gasteiger partial charge on any atom is 0.289 e. The van der Waals surface area contributed by atoms with Crippen molar-refractivity contribution in [1.29, 1.82) is 0 Å². The van der Waals surface area contributed by atoms with Gasteiger partial charge in [-0.2, -0.15) is 4.98 Å². The number of benzene rings is 1. The van der Waals surface area contributed by atoms with Crippen LogP contribution in [0, 0.1) is 5.92 Å². The molecule has 1 saturated carbocycles. The largest absolute Gasteiger partial charge is 0.494 e. The molecule has 0 bridgehead atoms. The van der Waals surface area contributed by atoms with E-state index in [1.807, 2.05) is 0 Å². The van der Waals surface area contributed by atoms with E-state index < -0.39 is 11.4 Å². The van der Waals surface area contributed by atoms with Crippen molar-refractivity contribution in [3.8, 4) is 34.5 Å². The SMILES string of the molecule is COc1cccc(OC)c1-n1c(CCC2CC2)nc(=O)c(-c2nnc(Cn3ccccc3=O)o2)c1O. The molecule has 0 atom stereocenters. The van der Waals surface area contributed by atoms with E-state index in [4.69, 9.17) is 13.9 Å². The van der Waals surface area contributed by atoms with Crippen LogP contribution < -0.4 is 20.6 Å². The number of aromatic hydroxyl groups is 1. The van der Waals surface area contributed by atoms with Crippen LogP contribution in [-0.4, -0.2) is 43.6 Å². The number of pyridine rings is 1. The molecule has 11 nitrogen and oxygen atoms in total. The molecule has 1 N–H and O–H groups in total. The highest BCUT2D eigenvalue weighted by Gasteiger charge is 2.28. The van der Waals surface area contributed by atoms with Gasteiger partial charge in [-0.1, -0.05) is 25.0 Å². The predicted octanol–water partition coefficient (Wildman–Crippen LogP) is 2.56. The minimum atomic E-state index is -0.699. The van der Waals surface area contributed by atoms with E-state index in [9.17, 15) is 14.7 Å². The molecule has 0 spiro atoms. The summed E-state index contributed by atoms with van der Waals surface area (Å²) < 4.78 is 19.6. The number of ether oxygens (including phenoxy) is 2. The highest BCUT2D eigenvalue weighted by Crippen LogP contribution is 2.39. The maximum absolute atomic E-state index is 13.1. The maximum atomic E-state index is 13.1. The van der Waals surface area contributed by atoms with Gasteiger partial charge in [0.2, 0.25) is 11.8 Å².